The second-order valence-electron chi connectivity index (χ2n) is 5.62. The van der Waals surface area contributed by atoms with E-state index in [1.54, 1.807) is 47.3 Å². The van der Waals surface area contributed by atoms with Gasteiger partial charge in [0.15, 0.2) is 17.2 Å². The SMILES string of the molecule is COc1cccc(C=NNC(=O)c2ccn(Cc3ccc(Cl)cc3)n2)c1O. The summed E-state index contributed by atoms with van der Waals surface area (Å²) in [6, 6.07) is 14.0. The van der Waals surface area contributed by atoms with Crippen molar-refractivity contribution < 1.29 is 14.6 Å². The second-order valence-corrected chi connectivity index (χ2v) is 6.06. The average molecular weight is 385 g/mol. The molecule has 0 aliphatic rings. The number of hydrazone groups is 1. The lowest BCUT2D eigenvalue weighted by Gasteiger charge is -2.04. The highest BCUT2D eigenvalue weighted by Gasteiger charge is 2.09. The van der Waals surface area contributed by atoms with Crippen molar-refractivity contribution in [2.24, 2.45) is 5.10 Å². The Labute approximate surface area is 160 Å². The maximum absolute atomic E-state index is 12.1. The summed E-state index contributed by atoms with van der Waals surface area (Å²) in [4.78, 5) is 12.1. The van der Waals surface area contributed by atoms with Crippen LogP contribution >= 0.6 is 11.6 Å². The molecule has 0 saturated carbocycles. The van der Waals surface area contributed by atoms with Crippen LogP contribution in [0.25, 0.3) is 0 Å². The fourth-order valence-electron chi connectivity index (χ4n) is 2.37. The van der Waals surface area contributed by atoms with Gasteiger partial charge in [0.2, 0.25) is 0 Å². The molecular formula is C19H17ClN4O3. The Kier molecular flexibility index (Phi) is 5.73. The number of amides is 1. The third-order valence-electron chi connectivity index (χ3n) is 3.75. The molecule has 0 unspecified atom stereocenters. The largest absolute Gasteiger partial charge is 0.504 e. The molecule has 1 aromatic heterocycles. The van der Waals surface area contributed by atoms with E-state index in [1.807, 2.05) is 12.1 Å². The first-order valence-electron chi connectivity index (χ1n) is 8.04. The average Bonchev–Trinajstić information content (AvgIpc) is 3.13. The number of hydrogen-bond acceptors (Lipinski definition) is 5. The zero-order chi connectivity index (χ0) is 19.2. The molecule has 1 amide bonds. The number of ether oxygens (including phenoxy) is 1. The molecule has 7 nitrogen and oxygen atoms in total. The molecule has 27 heavy (non-hydrogen) atoms. The van der Waals surface area contributed by atoms with E-state index in [0.717, 1.165) is 5.56 Å². The molecule has 0 atom stereocenters. The van der Waals surface area contributed by atoms with E-state index in [0.29, 0.717) is 22.9 Å². The van der Waals surface area contributed by atoms with Crippen LogP contribution in [0.3, 0.4) is 0 Å². The number of hydrogen-bond donors (Lipinski definition) is 2. The predicted molar refractivity (Wildman–Crippen MR) is 103 cm³/mol. The first kappa shape index (κ1) is 18.5. The van der Waals surface area contributed by atoms with Crippen molar-refractivity contribution in [3.63, 3.8) is 0 Å². The number of rotatable bonds is 6. The lowest BCUT2D eigenvalue weighted by atomic mass is 10.2. The van der Waals surface area contributed by atoms with Crippen molar-refractivity contribution in [2.75, 3.05) is 7.11 Å². The van der Waals surface area contributed by atoms with Crippen molar-refractivity contribution in [2.45, 2.75) is 6.54 Å². The highest BCUT2D eigenvalue weighted by molar-refractivity contribution is 6.30. The molecule has 0 spiro atoms. The number of carbonyl (C=O) groups excluding carboxylic acids is 1. The van der Waals surface area contributed by atoms with Crippen LogP contribution in [0.1, 0.15) is 21.6 Å². The fourth-order valence-corrected chi connectivity index (χ4v) is 2.50. The Morgan fingerprint density at radius 3 is 2.81 bits per heavy atom. The number of aromatic nitrogens is 2. The summed E-state index contributed by atoms with van der Waals surface area (Å²) >= 11 is 5.87. The Hall–Kier alpha value is -3.32. The molecule has 3 aromatic rings. The van der Waals surface area contributed by atoms with E-state index in [1.165, 1.54) is 13.3 Å². The fraction of sp³-hybridized carbons (Fsp3) is 0.105. The van der Waals surface area contributed by atoms with Gasteiger partial charge in [-0.1, -0.05) is 29.8 Å². The standard InChI is InChI=1S/C19H17ClN4O3/c1-27-17-4-2-3-14(18(17)25)11-21-22-19(26)16-9-10-24(23-16)12-13-5-7-15(20)8-6-13/h2-11,25H,12H2,1H3,(H,22,26). The van der Waals surface area contributed by atoms with Gasteiger partial charge in [0.25, 0.3) is 5.91 Å². The van der Waals surface area contributed by atoms with Crippen LogP contribution in [-0.2, 0) is 6.54 Å². The molecule has 2 aromatic carbocycles. The van der Waals surface area contributed by atoms with Gasteiger partial charge in [0, 0.05) is 16.8 Å². The van der Waals surface area contributed by atoms with E-state index in [-0.39, 0.29) is 11.4 Å². The van der Waals surface area contributed by atoms with Gasteiger partial charge in [-0.3, -0.25) is 9.48 Å². The molecule has 0 bridgehead atoms. The number of nitrogens with zero attached hydrogens (tertiary/aromatic N) is 3. The normalized spacial score (nSPS) is 10.9. The van der Waals surface area contributed by atoms with Gasteiger partial charge >= 0.3 is 0 Å². The number of methoxy groups -OCH3 is 1. The van der Waals surface area contributed by atoms with Crippen LogP contribution in [0.15, 0.2) is 59.8 Å². The minimum atomic E-state index is -0.455. The number of phenols is 1. The number of para-hydroxylation sites is 1. The van der Waals surface area contributed by atoms with E-state index < -0.39 is 5.91 Å². The monoisotopic (exact) mass is 384 g/mol. The molecule has 0 saturated heterocycles. The smallest absolute Gasteiger partial charge is 0.291 e. The van der Waals surface area contributed by atoms with Crippen molar-refractivity contribution in [1.82, 2.24) is 15.2 Å². The number of halogens is 1. The van der Waals surface area contributed by atoms with E-state index in [2.05, 4.69) is 15.6 Å². The van der Waals surface area contributed by atoms with Gasteiger partial charge in [-0.25, -0.2) is 5.43 Å². The highest BCUT2D eigenvalue weighted by Crippen LogP contribution is 2.27. The summed E-state index contributed by atoms with van der Waals surface area (Å²) < 4.78 is 6.67. The quantitative estimate of drug-likeness (QED) is 0.505. The molecule has 8 heteroatoms. The summed E-state index contributed by atoms with van der Waals surface area (Å²) in [7, 11) is 1.46. The third-order valence-corrected chi connectivity index (χ3v) is 4.00. The molecule has 3 rings (SSSR count). The van der Waals surface area contributed by atoms with Crippen LogP contribution in [0.2, 0.25) is 5.02 Å². The number of phenolic OH excluding ortho intramolecular Hbond substituents is 1. The highest BCUT2D eigenvalue weighted by atomic mass is 35.5. The minimum absolute atomic E-state index is 0.0507. The number of benzene rings is 2. The molecular weight excluding hydrogens is 368 g/mol. The van der Waals surface area contributed by atoms with Crippen LogP contribution in [-0.4, -0.2) is 34.1 Å². The van der Waals surface area contributed by atoms with E-state index in [4.69, 9.17) is 16.3 Å². The lowest BCUT2D eigenvalue weighted by Crippen LogP contribution is -2.18. The van der Waals surface area contributed by atoms with Crippen LogP contribution in [0.5, 0.6) is 11.5 Å². The second kappa shape index (κ2) is 8.37. The van der Waals surface area contributed by atoms with Crippen LogP contribution < -0.4 is 10.2 Å². The Morgan fingerprint density at radius 1 is 1.30 bits per heavy atom. The van der Waals surface area contributed by atoms with Gasteiger partial charge in [-0.05, 0) is 35.9 Å². The van der Waals surface area contributed by atoms with Gasteiger partial charge in [-0.2, -0.15) is 10.2 Å². The van der Waals surface area contributed by atoms with E-state index in [9.17, 15) is 9.90 Å². The summed E-state index contributed by atoms with van der Waals surface area (Å²) in [5, 5.41) is 18.7. The first-order valence-corrected chi connectivity index (χ1v) is 8.42. The van der Waals surface area contributed by atoms with Crippen molar-refractivity contribution in [3.05, 3.63) is 76.6 Å². The summed E-state index contributed by atoms with van der Waals surface area (Å²) in [6.07, 6.45) is 3.04. The first-order chi connectivity index (χ1) is 13.1. The zero-order valence-electron chi connectivity index (χ0n) is 14.5. The Morgan fingerprint density at radius 2 is 2.07 bits per heavy atom. The number of carbonyl (C=O) groups is 1. The molecule has 1 heterocycles. The Balaban J connectivity index is 1.62. The van der Waals surface area contributed by atoms with Crippen molar-refractivity contribution >= 4 is 23.7 Å². The van der Waals surface area contributed by atoms with Gasteiger partial charge < -0.3 is 9.84 Å². The maximum Gasteiger partial charge on any atom is 0.291 e. The molecule has 0 aliphatic heterocycles. The summed E-state index contributed by atoms with van der Waals surface area (Å²) in [5.74, 6) is -0.181. The topological polar surface area (TPSA) is 88.7 Å². The molecule has 2 N–H and O–H groups in total. The summed E-state index contributed by atoms with van der Waals surface area (Å²) in [6.45, 7) is 0.519. The Bertz CT molecular complexity index is 967. The number of aromatic hydroxyl groups is 1. The van der Waals surface area contributed by atoms with Crippen molar-refractivity contribution in [1.29, 1.82) is 0 Å². The predicted octanol–water partition coefficient (Wildman–Crippen LogP) is 3.06. The van der Waals surface area contributed by atoms with Crippen LogP contribution in [0.4, 0.5) is 0 Å². The minimum Gasteiger partial charge on any atom is -0.504 e. The van der Waals surface area contributed by atoms with Gasteiger partial charge in [-0.15, -0.1) is 0 Å². The maximum atomic E-state index is 12.1. The third kappa shape index (κ3) is 4.65. The van der Waals surface area contributed by atoms with Crippen molar-refractivity contribution in [3.8, 4) is 11.5 Å². The van der Waals surface area contributed by atoms with Gasteiger partial charge in [0.05, 0.1) is 19.9 Å². The van der Waals surface area contributed by atoms with E-state index >= 15 is 0 Å². The number of nitrogens with one attached hydrogen (secondary N) is 1. The zero-order valence-corrected chi connectivity index (χ0v) is 15.2. The van der Waals surface area contributed by atoms with Crippen LogP contribution in [0, 0.1) is 0 Å². The lowest BCUT2D eigenvalue weighted by molar-refractivity contribution is 0.0949. The molecule has 0 radical (unpaired) electrons. The van der Waals surface area contributed by atoms with Gasteiger partial charge in [0.1, 0.15) is 0 Å². The molecule has 0 aliphatic carbocycles. The molecule has 0 fully saturated rings. The molecule has 138 valence electrons. The summed E-state index contributed by atoms with van der Waals surface area (Å²) in [5.41, 5.74) is 4.05.